The molecule has 1 aliphatic heterocycles. The van der Waals surface area contributed by atoms with Gasteiger partial charge >= 0.3 is 0 Å². The number of rotatable bonds is 4. The molecule has 1 aliphatic rings. The summed E-state index contributed by atoms with van der Waals surface area (Å²) in [6.45, 7) is 3.87. The Kier molecular flexibility index (Phi) is 4.49. The molecule has 0 aliphatic carbocycles. The predicted molar refractivity (Wildman–Crippen MR) is 87.3 cm³/mol. The Morgan fingerprint density at radius 2 is 2.09 bits per heavy atom. The smallest absolute Gasteiger partial charge is 0.119 e. The maximum Gasteiger partial charge on any atom is 0.119 e. The number of piperidine rings is 1. The van der Waals surface area contributed by atoms with Crippen LogP contribution >= 0.6 is 0 Å². The minimum Gasteiger partial charge on any atom is -0.472 e. The quantitative estimate of drug-likeness (QED) is 0.839. The van der Waals surface area contributed by atoms with Crippen molar-refractivity contribution in [2.75, 3.05) is 13.1 Å². The highest BCUT2D eigenvalue weighted by Crippen LogP contribution is 2.36. The monoisotopic (exact) mass is 312 g/mol. The van der Waals surface area contributed by atoms with E-state index in [-0.39, 0.29) is 0 Å². The van der Waals surface area contributed by atoms with E-state index in [2.05, 4.69) is 35.2 Å². The lowest BCUT2D eigenvalue weighted by atomic mass is 9.76. The number of likely N-dealkylation sites (tertiary alicyclic amines) is 1. The van der Waals surface area contributed by atoms with Crippen molar-refractivity contribution in [2.24, 2.45) is 5.41 Å². The maximum absolute atomic E-state index is 14.4. The first-order valence-electron chi connectivity index (χ1n) is 7.96. The average Bonchev–Trinajstić information content (AvgIpc) is 3.07. The van der Waals surface area contributed by atoms with Crippen LogP contribution in [-0.2, 0) is 6.54 Å². The largest absolute Gasteiger partial charge is 0.472 e. The van der Waals surface area contributed by atoms with E-state index in [1.54, 1.807) is 12.5 Å². The van der Waals surface area contributed by atoms with Gasteiger partial charge in [-0.1, -0.05) is 31.2 Å². The second-order valence-electron chi connectivity index (χ2n) is 6.65. The van der Waals surface area contributed by atoms with Crippen LogP contribution in [0.15, 0.2) is 47.3 Å². The van der Waals surface area contributed by atoms with E-state index in [1.807, 2.05) is 13.0 Å². The number of alkyl halides is 1. The topological polar surface area (TPSA) is 40.2 Å². The zero-order valence-corrected chi connectivity index (χ0v) is 13.3. The summed E-state index contributed by atoms with van der Waals surface area (Å²) in [7, 11) is 0. The molecule has 1 aromatic heterocycles. The van der Waals surface area contributed by atoms with Gasteiger partial charge in [0.15, 0.2) is 0 Å². The number of benzene rings is 1. The van der Waals surface area contributed by atoms with Gasteiger partial charge in [0.25, 0.3) is 0 Å². The molecule has 1 fully saturated rings. The van der Waals surface area contributed by atoms with Crippen LogP contribution < -0.4 is 0 Å². The molecule has 3 rings (SSSR count). The number of halogens is 1. The maximum atomic E-state index is 14.4. The highest BCUT2D eigenvalue weighted by atomic mass is 19.1. The molecule has 2 heterocycles. The number of nitrogens with zero attached hydrogens (tertiary/aromatic N) is 2. The van der Waals surface area contributed by atoms with E-state index in [0.717, 1.165) is 30.6 Å². The Labute approximate surface area is 136 Å². The third kappa shape index (κ3) is 3.46. The second kappa shape index (κ2) is 6.55. The summed E-state index contributed by atoms with van der Waals surface area (Å²) >= 11 is 0. The molecule has 120 valence electrons. The van der Waals surface area contributed by atoms with Crippen molar-refractivity contribution < 1.29 is 8.81 Å². The molecule has 0 spiro atoms. The van der Waals surface area contributed by atoms with Gasteiger partial charge in [0.1, 0.15) is 6.17 Å². The number of nitriles is 1. The summed E-state index contributed by atoms with van der Waals surface area (Å²) in [6, 6.07) is 12.4. The lowest BCUT2D eigenvalue weighted by molar-refractivity contribution is 0.0186. The van der Waals surface area contributed by atoms with Gasteiger partial charge < -0.3 is 4.42 Å². The summed E-state index contributed by atoms with van der Waals surface area (Å²) < 4.78 is 19.5. The van der Waals surface area contributed by atoms with E-state index < -0.39 is 11.6 Å². The Balaban J connectivity index is 1.61. The first-order chi connectivity index (χ1) is 11.1. The number of furan rings is 1. The van der Waals surface area contributed by atoms with Crippen LogP contribution in [0.2, 0.25) is 0 Å². The molecule has 1 aromatic carbocycles. The van der Waals surface area contributed by atoms with Gasteiger partial charge in [0, 0.05) is 30.5 Å². The Morgan fingerprint density at radius 3 is 2.70 bits per heavy atom. The van der Waals surface area contributed by atoms with E-state index in [0.29, 0.717) is 13.0 Å². The molecule has 4 heteroatoms. The van der Waals surface area contributed by atoms with Crippen LogP contribution in [-0.4, -0.2) is 24.2 Å². The van der Waals surface area contributed by atoms with Crippen LogP contribution in [0.25, 0.3) is 11.1 Å². The van der Waals surface area contributed by atoms with E-state index in [1.165, 1.54) is 5.56 Å². The summed E-state index contributed by atoms with van der Waals surface area (Å²) in [6.07, 6.45) is 3.47. The van der Waals surface area contributed by atoms with Crippen molar-refractivity contribution in [2.45, 2.75) is 32.5 Å². The SMILES string of the molecule is CC1(CC#N)CCN(Cc2ccc(-c3ccoc3)cc2)CC1F. The van der Waals surface area contributed by atoms with Gasteiger partial charge in [-0.2, -0.15) is 5.26 Å². The molecule has 0 amide bonds. The van der Waals surface area contributed by atoms with Crippen molar-refractivity contribution >= 4 is 0 Å². The van der Waals surface area contributed by atoms with Gasteiger partial charge in [0.05, 0.1) is 18.6 Å². The Morgan fingerprint density at radius 1 is 1.30 bits per heavy atom. The third-order valence-electron chi connectivity index (χ3n) is 4.87. The average molecular weight is 312 g/mol. The van der Waals surface area contributed by atoms with Crippen molar-refractivity contribution in [3.8, 4) is 17.2 Å². The zero-order chi connectivity index (χ0) is 16.3. The van der Waals surface area contributed by atoms with Gasteiger partial charge in [-0.25, -0.2) is 4.39 Å². The fourth-order valence-corrected chi connectivity index (χ4v) is 3.12. The molecule has 2 aromatic rings. The van der Waals surface area contributed by atoms with Crippen molar-refractivity contribution in [1.82, 2.24) is 4.90 Å². The van der Waals surface area contributed by atoms with Gasteiger partial charge in [-0.3, -0.25) is 4.90 Å². The van der Waals surface area contributed by atoms with Crippen LogP contribution in [0.5, 0.6) is 0 Å². The minimum atomic E-state index is -0.943. The highest BCUT2D eigenvalue weighted by Gasteiger charge is 2.39. The van der Waals surface area contributed by atoms with Crippen LogP contribution in [0.3, 0.4) is 0 Å². The third-order valence-corrected chi connectivity index (χ3v) is 4.87. The fourth-order valence-electron chi connectivity index (χ4n) is 3.12. The second-order valence-corrected chi connectivity index (χ2v) is 6.65. The summed E-state index contributed by atoms with van der Waals surface area (Å²) in [5.74, 6) is 0. The predicted octanol–water partition coefficient (Wildman–Crippen LogP) is 4.41. The van der Waals surface area contributed by atoms with Crippen LogP contribution in [0, 0.1) is 16.7 Å². The number of hydrogen-bond donors (Lipinski definition) is 0. The summed E-state index contributed by atoms with van der Waals surface area (Å²) in [5, 5.41) is 8.87. The van der Waals surface area contributed by atoms with Crippen molar-refractivity contribution in [3.63, 3.8) is 0 Å². The zero-order valence-electron chi connectivity index (χ0n) is 13.3. The molecule has 23 heavy (non-hydrogen) atoms. The molecule has 0 bridgehead atoms. The molecule has 0 radical (unpaired) electrons. The lowest BCUT2D eigenvalue weighted by Gasteiger charge is -2.41. The van der Waals surface area contributed by atoms with Gasteiger partial charge in [0.2, 0.25) is 0 Å². The van der Waals surface area contributed by atoms with Crippen molar-refractivity contribution in [1.29, 1.82) is 5.26 Å². The van der Waals surface area contributed by atoms with Crippen LogP contribution in [0.1, 0.15) is 25.3 Å². The molecule has 3 nitrogen and oxygen atoms in total. The molecule has 0 N–H and O–H groups in total. The van der Waals surface area contributed by atoms with E-state index >= 15 is 0 Å². The molecular weight excluding hydrogens is 291 g/mol. The Bertz CT molecular complexity index is 674. The van der Waals surface area contributed by atoms with Gasteiger partial charge in [-0.05, 0) is 30.2 Å². The fraction of sp³-hybridized carbons (Fsp3) is 0.421. The first-order valence-corrected chi connectivity index (χ1v) is 7.96. The van der Waals surface area contributed by atoms with E-state index in [4.69, 9.17) is 9.68 Å². The van der Waals surface area contributed by atoms with Crippen molar-refractivity contribution in [3.05, 3.63) is 48.4 Å². The van der Waals surface area contributed by atoms with Gasteiger partial charge in [-0.15, -0.1) is 0 Å². The standard InChI is InChI=1S/C19H21FN2O/c1-19(7-9-21)8-10-22(13-18(19)20)12-15-2-4-16(5-3-15)17-6-11-23-14-17/h2-6,11,14,18H,7-8,10,12-13H2,1H3. The highest BCUT2D eigenvalue weighted by molar-refractivity contribution is 5.62. The molecule has 1 saturated heterocycles. The summed E-state index contributed by atoms with van der Waals surface area (Å²) in [4.78, 5) is 2.14. The number of hydrogen-bond acceptors (Lipinski definition) is 3. The molecule has 2 atom stereocenters. The summed E-state index contributed by atoms with van der Waals surface area (Å²) in [5.41, 5.74) is 2.86. The van der Waals surface area contributed by atoms with Crippen LogP contribution in [0.4, 0.5) is 4.39 Å². The molecular formula is C19H21FN2O. The molecule has 0 saturated carbocycles. The lowest BCUT2D eigenvalue weighted by Crippen LogP contribution is -2.47. The first kappa shape index (κ1) is 15.8. The molecule has 2 unspecified atom stereocenters. The van der Waals surface area contributed by atoms with E-state index in [9.17, 15) is 4.39 Å². The normalized spacial score (nSPS) is 25.2. The minimum absolute atomic E-state index is 0.293. The Hall–Kier alpha value is -2.12.